The Hall–Kier alpha value is -4.48. The molecule has 0 radical (unpaired) electrons. The average molecular weight is 883 g/mol. The van der Waals surface area contributed by atoms with Gasteiger partial charge in [0.25, 0.3) is 5.91 Å². The number of aromatic nitrogens is 2. The summed E-state index contributed by atoms with van der Waals surface area (Å²) in [7, 11) is -2.40. The minimum Gasteiger partial charge on any atom is -0.495 e. The van der Waals surface area contributed by atoms with E-state index in [1.807, 2.05) is 17.5 Å². The van der Waals surface area contributed by atoms with Crippen LogP contribution in [0.3, 0.4) is 0 Å². The number of carbonyl (C=O) groups excluding carboxylic acids is 4. The maximum absolute atomic E-state index is 14.7. The predicted octanol–water partition coefficient (Wildman–Crippen LogP) is 6.14. The molecule has 8 rings (SSSR count). The first-order chi connectivity index (χ1) is 28.5. The molecule has 3 saturated carbocycles. The standard InChI is InChI=1S/C42H51ClN6O9S2/c1-41(2,3)58-40(53)46-28-11-9-7-5-6-8-10-24-20-42(24,39(52)48-60(54,55)26-14-15-26)47-36(50)31-18-25(21-49(31)38(28)51)57-33-19-29(37-45-30(22-59-37)23-12-13-23)44-35-27(33)16-17-32(56-4)34(35)43/h8,10,16-17,19,22-26,28,31H,5-7,9,11-15,18,20-21H2,1-4H3,(H,46,53)(H,47,50)(H,48,52)/b10-8-/t24-,25+,28-,31-,42+/m0/s1. The molecular formula is C42H51ClN6O9S2. The van der Waals surface area contributed by atoms with Crippen LogP contribution in [0.25, 0.3) is 21.6 Å². The number of sulfonamides is 1. The Kier molecular flexibility index (Phi) is 11.6. The number of allylic oxidation sites excluding steroid dienone is 1. The number of thiazole rings is 1. The molecule has 1 aromatic carbocycles. The molecule has 60 heavy (non-hydrogen) atoms. The summed E-state index contributed by atoms with van der Waals surface area (Å²) in [6.45, 7) is 5.14. The molecular weight excluding hydrogens is 832 g/mol. The third kappa shape index (κ3) is 9.08. The Morgan fingerprint density at radius 3 is 2.55 bits per heavy atom. The van der Waals surface area contributed by atoms with Crippen molar-refractivity contribution in [1.82, 2.24) is 30.2 Å². The van der Waals surface area contributed by atoms with Crippen molar-refractivity contribution in [1.29, 1.82) is 0 Å². The monoisotopic (exact) mass is 882 g/mol. The second-order valence-electron chi connectivity index (χ2n) is 17.5. The van der Waals surface area contributed by atoms with E-state index in [1.54, 1.807) is 39.0 Å². The number of hydrogen-bond acceptors (Lipinski definition) is 12. The van der Waals surface area contributed by atoms with E-state index in [1.165, 1.54) is 23.3 Å². The van der Waals surface area contributed by atoms with Gasteiger partial charge in [-0.15, -0.1) is 11.3 Å². The van der Waals surface area contributed by atoms with Crippen LogP contribution in [0.1, 0.15) is 103 Å². The van der Waals surface area contributed by atoms with Crippen molar-refractivity contribution in [2.75, 3.05) is 13.7 Å². The fourth-order valence-electron chi connectivity index (χ4n) is 8.02. The Morgan fingerprint density at radius 2 is 1.83 bits per heavy atom. The first-order valence-electron chi connectivity index (χ1n) is 20.7. The van der Waals surface area contributed by atoms with Gasteiger partial charge in [0.2, 0.25) is 21.8 Å². The van der Waals surface area contributed by atoms with E-state index >= 15 is 0 Å². The van der Waals surface area contributed by atoms with Crippen LogP contribution in [-0.4, -0.2) is 95.3 Å². The number of rotatable bonds is 9. The Morgan fingerprint density at radius 1 is 1.05 bits per heavy atom. The van der Waals surface area contributed by atoms with E-state index in [4.69, 9.17) is 35.8 Å². The lowest BCUT2D eigenvalue weighted by molar-refractivity contribution is -0.141. The summed E-state index contributed by atoms with van der Waals surface area (Å²) >= 11 is 8.32. The van der Waals surface area contributed by atoms with Crippen molar-refractivity contribution in [2.24, 2.45) is 5.92 Å². The van der Waals surface area contributed by atoms with Gasteiger partial charge in [-0.1, -0.05) is 36.6 Å². The molecule has 5 aliphatic rings. The number of methoxy groups -OCH3 is 1. The maximum atomic E-state index is 14.7. The number of nitrogens with one attached hydrogen (secondary N) is 3. The second-order valence-corrected chi connectivity index (χ2v) is 20.7. The molecule has 3 aliphatic carbocycles. The predicted molar refractivity (Wildman–Crippen MR) is 225 cm³/mol. The number of alkyl carbamates (subject to hydrolysis) is 1. The molecule has 1 saturated heterocycles. The highest BCUT2D eigenvalue weighted by molar-refractivity contribution is 7.91. The molecule has 0 unspecified atom stereocenters. The van der Waals surface area contributed by atoms with Crippen LogP contribution in [0, 0.1) is 5.92 Å². The topological polar surface area (TPSA) is 195 Å². The van der Waals surface area contributed by atoms with Gasteiger partial charge in [-0.25, -0.2) is 23.2 Å². The lowest BCUT2D eigenvalue weighted by Gasteiger charge is -2.30. The van der Waals surface area contributed by atoms with Crippen molar-refractivity contribution in [3.63, 3.8) is 0 Å². The van der Waals surface area contributed by atoms with E-state index in [9.17, 15) is 27.6 Å². The van der Waals surface area contributed by atoms with Gasteiger partial charge >= 0.3 is 6.09 Å². The fourth-order valence-corrected chi connectivity index (χ4v) is 10.5. The zero-order valence-corrected chi connectivity index (χ0v) is 36.5. The quantitative estimate of drug-likeness (QED) is 0.209. The van der Waals surface area contributed by atoms with Gasteiger partial charge in [-0.2, -0.15) is 0 Å². The van der Waals surface area contributed by atoms with Crippen molar-refractivity contribution in [3.05, 3.63) is 46.4 Å². The molecule has 4 heterocycles. The van der Waals surface area contributed by atoms with Crippen LogP contribution >= 0.6 is 22.9 Å². The van der Waals surface area contributed by atoms with Gasteiger partial charge in [0, 0.05) is 35.1 Å². The van der Waals surface area contributed by atoms with E-state index < -0.39 is 74.3 Å². The fraction of sp³-hybridized carbons (Fsp3) is 0.571. The number of carbonyl (C=O) groups is 4. The lowest BCUT2D eigenvalue weighted by Crippen LogP contribution is -2.58. The van der Waals surface area contributed by atoms with Gasteiger partial charge in [0.05, 0.1) is 30.1 Å². The smallest absolute Gasteiger partial charge is 0.408 e. The molecule has 15 nitrogen and oxygen atoms in total. The summed E-state index contributed by atoms with van der Waals surface area (Å²) in [5.74, 6) is -1.14. The van der Waals surface area contributed by atoms with Crippen LogP contribution in [0.5, 0.6) is 11.5 Å². The SMILES string of the molecule is COc1ccc2c(O[C@@H]3C[C@H]4C(=O)N[C@]5(C(=O)NS(=O)(=O)C6CC6)C[C@@H]5/C=C\CCCCC[C@H](NC(=O)OC(C)(C)C)C(=O)N4C3)cc(-c3nc(C4CC4)cs3)nc2c1Cl. The molecule has 3 aromatic rings. The number of fused-ring (bicyclic) bond motifs is 3. The summed E-state index contributed by atoms with van der Waals surface area (Å²) in [5, 5.41) is 8.61. The van der Waals surface area contributed by atoms with Crippen molar-refractivity contribution in [3.8, 4) is 22.2 Å². The third-order valence-corrected chi connectivity index (χ3v) is 14.7. The van der Waals surface area contributed by atoms with E-state index in [0.29, 0.717) is 71.1 Å². The number of nitrogens with zero attached hydrogens (tertiary/aromatic N) is 3. The Balaban J connectivity index is 1.14. The van der Waals surface area contributed by atoms with E-state index in [-0.39, 0.29) is 24.4 Å². The zero-order valence-electron chi connectivity index (χ0n) is 34.1. The summed E-state index contributed by atoms with van der Waals surface area (Å²) < 4.78 is 45.9. The highest BCUT2D eigenvalue weighted by Gasteiger charge is 2.62. The Labute approximate surface area is 358 Å². The number of pyridine rings is 1. The summed E-state index contributed by atoms with van der Waals surface area (Å²) in [4.78, 5) is 67.5. The van der Waals surface area contributed by atoms with E-state index in [0.717, 1.165) is 31.4 Å². The first-order valence-corrected chi connectivity index (χ1v) is 23.5. The minimum atomic E-state index is -3.92. The summed E-state index contributed by atoms with van der Waals surface area (Å²) in [6, 6.07) is 3.10. The number of halogens is 1. The van der Waals surface area contributed by atoms with Gasteiger partial charge in [-0.3, -0.25) is 19.1 Å². The van der Waals surface area contributed by atoms with Crippen LogP contribution in [0.2, 0.25) is 5.02 Å². The largest absolute Gasteiger partial charge is 0.495 e. The summed E-state index contributed by atoms with van der Waals surface area (Å²) in [5.41, 5.74) is -0.378. The van der Waals surface area contributed by atoms with E-state index in [2.05, 4.69) is 15.4 Å². The van der Waals surface area contributed by atoms with Crippen LogP contribution in [0.4, 0.5) is 4.79 Å². The molecule has 2 aliphatic heterocycles. The minimum absolute atomic E-state index is 0.0153. The molecule has 322 valence electrons. The number of hydrogen-bond donors (Lipinski definition) is 3. The normalized spacial score (nSPS) is 26.8. The lowest BCUT2D eigenvalue weighted by atomic mass is 10.0. The van der Waals surface area contributed by atoms with Crippen molar-refractivity contribution in [2.45, 2.75) is 132 Å². The van der Waals surface area contributed by atoms with Gasteiger partial charge in [0.1, 0.15) is 56.6 Å². The number of ether oxygens (including phenoxy) is 3. The summed E-state index contributed by atoms with van der Waals surface area (Å²) in [6.07, 6.45) is 8.72. The number of amides is 4. The van der Waals surface area contributed by atoms with Crippen molar-refractivity contribution < 1.29 is 41.8 Å². The van der Waals surface area contributed by atoms with Gasteiger partial charge in [-0.05, 0) is 84.3 Å². The molecule has 2 aromatic heterocycles. The second kappa shape index (κ2) is 16.4. The van der Waals surface area contributed by atoms with Crippen LogP contribution in [-0.2, 0) is 29.1 Å². The molecule has 3 N–H and O–H groups in total. The van der Waals surface area contributed by atoms with Gasteiger partial charge in [0.15, 0.2) is 0 Å². The molecule has 0 spiro atoms. The van der Waals surface area contributed by atoms with Crippen molar-refractivity contribution >= 4 is 67.7 Å². The van der Waals surface area contributed by atoms with Crippen LogP contribution in [0.15, 0.2) is 35.7 Å². The maximum Gasteiger partial charge on any atom is 0.408 e. The highest BCUT2D eigenvalue weighted by atomic mass is 35.5. The highest BCUT2D eigenvalue weighted by Crippen LogP contribution is 2.47. The number of benzene rings is 1. The Bertz CT molecular complexity index is 2340. The third-order valence-electron chi connectivity index (χ3n) is 11.6. The van der Waals surface area contributed by atoms with Crippen LogP contribution < -0.4 is 24.8 Å². The molecule has 5 atom stereocenters. The first kappa shape index (κ1) is 42.2. The molecule has 4 fully saturated rings. The molecule has 18 heteroatoms. The average Bonchev–Trinajstić information content (AvgIpc) is 4.14. The molecule has 4 amide bonds. The van der Waals surface area contributed by atoms with Gasteiger partial charge < -0.3 is 29.7 Å². The molecule has 0 bridgehead atoms. The zero-order chi connectivity index (χ0) is 42.6.